The highest BCUT2D eigenvalue weighted by atomic mass is 16.4. The molecule has 1 aliphatic heterocycles. The Hall–Kier alpha value is -1.34. The van der Waals surface area contributed by atoms with E-state index < -0.39 is 18.0 Å². The first kappa shape index (κ1) is 16.7. The lowest BCUT2D eigenvalue weighted by molar-refractivity contribution is -0.139. The third-order valence-electron chi connectivity index (χ3n) is 3.33. The third-order valence-corrected chi connectivity index (χ3v) is 3.33. The van der Waals surface area contributed by atoms with Gasteiger partial charge in [0, 0.05) is 32.7 Å². The molecule has 7 nitrogen and oxygen atoms in total. The highest BCUT2D eigenvalue weighted by Gasteiger charge is 2.18. The SMILES string of the molecule is CCC[C@H](NC(=O)NCCCN1CCNCC1)C(=O)O. The van der Waals surface area contributed by atoms with Gasteiger partial charge in [-0.15, -0.1) is 0 Å². The number of carboxylic acid groups (broad SMARTS) is 1. The molecule has 0 aromatic carbocycles. The van der Waals surface area contributed by atoms with Crippen molar-refractivity contribution in [2.75, 3.05) is 39.3 Å². The van der Waals surface area contributed by atoms with Crippen LogP contribution < -0.4 is 16.0 Å². The number of piperazine rings is 1. The van der Waals surface area contributed by atoms with Crippen LogP contribution in [0, 0.1) is 0 Å². The first-order chi connectivity index (χ1) is 9.63. The summed E-state index contributed by atoms with van der Waals surface area (Å²) >= 11 is 0. The van der Waals surface area contributed by atoms with Gasteiger partial charge in [-0.2, -0.15) is 0 Å². The number of nitrogens with zero attached hydrogens (tertiary/aromatic N) is 1. The minimum atomic E-state index is -0.984. The van der Waals surface area contributed by atoms with Crippen LogP contribution in [-0.4, -0.2) is 67.3 Å². The fourth-order valence-electron chi connectivity index (χ4n) is 2.19. The summed E-state index contributed by atoms with van der Waals surface area (Å²) in [5, 5.41) is 17.4. The lowest BCUT2D eigenvalue weighted by Gasteiger charge is -2.27. The number of amides is 2. The van der Waals surface area contributed by atoms with Crippen molar-refractivity contribution in [2.45, 2.75) is 32.2 Å². The summed E-state index contributed by atoms with van der Waals surface area (Å²) in [6, 6.07) is -1.20. The van der Waals surface area contributed by atoms with Gasteiger partial charge >= 0.3 is 12.0 Å². The maximum atomic E-state index is 11.6. The van der Waals surface area contributed by atoms with Gasteiger partial charge in [0.1, 0.15) is 6.04 Å². The summed E-state index contributed by atoms with van der Waals surface area (Å²) in [6.07, 6.45) is 2.04. The Balaban J connectivity index is 2.10. The number of nitrogens with one attached hydrogen (secondary N) is 3. The first-order valence-electron chi connectivity index (χ1n) is 7.33. The third kappa shape index (κ3) is 6.72. The number of aliphatic carboxylic acids is 1. The van der Waals surface area contributed by atoms with E-state index in [1.165, 1.54) is 0 Å². The van der Waals surface area contributed by atoms with Crippen LogP contribution in [0.3, 0.4) is 0 Å². The second-order valence-electron chi connectivity index (χ2n) is 5.02. The van der Waals surface area contributed by atoms with Crippen LogP contribution in [0.15, 0.2) is 0 Å². The predicted molar refractivity (Wildman–Crippen MR) is 76.8 cm³/mol. The van der Waals surface area contributed by atoms with Crippen molar-refractivity contribution in [2.24, 2.45) is 0 Å². The lowest BCUT2D eigenvalue weighted by atomic mass is 10.2. The number of rotatable bonds is 8. The smallest absolute Gasteiger partial charge is 0.326 e. The second kappa shape index (κ2) is 9.55. The van der Waals surface area contributed by atoms with Crippen LogP contribution in [0.1, 0.15) is 26.2 Å². The lowest BCUT2D eigenvalue weighted by Crippen LogP contribution is -2.47. The molecule has 4 N–H and O–H groups in total. The van der Waals surface area contributed by atoms with Crippen molar-refractivity contribution < 1.29 is 14.7 Å². The number of carboxylic acids is 1. The van der Waals surface area contributed by atoms with E-state index in [9.17, 15) is 9.59 Å². The van der Waals surface area contributed by atoms with Crippen molar-refractivity contribution in [3.63, 3.8) is 0 Å². The zero-order valence-corrected chi connectivity index (χ0v) is 12.2. The Bertz CT molecular complexity index is 306. The van der Waals surface area contributed by atoms with Crippen LogP contribution in [0.25, 0.3) is 0 Å². The fraction of sp³-hybridized carbons (Fsp3) is 0.846. The Morgan fingerprint density at radius 2 is 2.05 bits per heavy atom. The maximum absolute atomic E-state index is 11.6. The Morgan fingerprint density at radius 3 is 2.65 bits per heavy atom. The van der Waals surface area contributed by atoms with Crippen molar-refractivity contribution in [3.05, 3.63) is 0 Å². The maximum Gasteiger partial charge on any atom is 0.326 e. The van der Waals surface area contributed by atoms with E-state index in [0.717, 1.165) is 45.6 Å². The van der Waals surface area contributed by atoms with E-state index in [2.05, 4.69) is 20.9 Å². The zero-order chi connectivity index (χ0) is 14.8. The van der Waals surface area contributed by atoms with Crippen molar-refractivity contribution in [1.29, 1.82) is 0 Å². The molecule has 1 aliphatic rings. The second-order valence-corrected chi connectivity index (χ2v) is 5.02. The van der Waals surface area contributed by atoms with Crippen LogP contribution in [0.5, 0.6) is 0 Å². The van der Waals surface area contributed by atoms with Gasteiger partial charge in [0.25, 0.3) is 0 Å². The van der Waals surface area contributed by atoms with Crippen LogP contribution in [0.2, 0.25) is 0 Å². The molecule has 0 spiro atoms. The van der Waals surface area contributed by atoms with Crippen LogP contribution in [-0.2, 0) is 4.79 Å². The van der Waals surface area contributed by atoms with E-state index in [0.29, 0.717) is 13.0 Å². The fourth-order valence-corrected chi connectivity index (χ4v) is 2.19. The minimum Gasteiger partial charge on any atom is -0.480 e. The van der Waals surface area contributed by atoms with Crippen molar-refractivity contribution in [1.82, 2.24) is 20.9 Å². The van der Waals surface area contributed by atoms with Crippen molar-refractivity contribution >= 4 is 12.0 Å². The van der Waals surface area contributed by atoms with Gasteiger partial charge in [0.2, 0.25) is 0 Å². The number of hydrogen-bond donors (Lipinski definition) is 4. The molecule has 2 amide bonds. The standard InChI is InChI=1S/C13H26N4O3/c1-2-4-11(12(18)19)16-13(20)15-5-3-8-17-9-6-14-7-10-17/h11,14H,2-10H2,1H3,(H,18,19)(H2,15,16,20)/t11-/m0/s1. The molecule has 0 bridgehead atoms. The molecule has 116 valence electrons. The summed E-state index contributed by atoms with van der Waals surface area (Å²) in [7, 11) is 0. The molecule has 1 rings (SSSR count). The molecule has 0 radical (unpaired) electrons. The summed E-state index contributed by atoms with van der Waals surface area (Å²) in [4.78, 5) is 24.8. The van der Waals surface area contributed by atoms with Crippen LogP contribution >= 0.6 is 0 Å². The highest BCUT2D eigenvalue weighted by molar-refractivity contribution is 5.82. The number of carbonyl (C=O) groups excluding carboxylic acids is 1. The molecule has 0 aromatic heterocycles. The van der Waals surface area contributed by atoms with E-state index >= 15 is 0 Å². The molecule has 0 saturated carbocycles. The van der Waals surface area contributed by atoms with Crippen LogP contribution in [0.4, 0.5) is 4.79 Å². The molecule has 7 heteroatoms. The average molecular weight is 286 g/mol. The molecule has 1 heterocycles. The first-order valence-corrected chi connectivity index (χ1v) is 7.33. The summed E-state index contributed by atoms with van der Waals surface area (Å²) in [5.41, 5.74) is 0. The Labute approximate surface area is 120 Å². The summed E-state index contributed by atoms with van der Waals surface area (Å²) in [5.74, 6) is -0.984. The molecule has 1 saturated heterocycles. The Morgan fingerprint density at radius 1 is 1.35 bits per heavy atom. The van der Waals surface area contributed by atoms with E-state index in [4.69, 9.17) is 5.11 Å². The normalized spacial score (nSPS) is 17.4. The summed E-state index contributed by atoms with van der Waals surface area (Å²) < 4.78 is 0. The largest absolute Gasteiger partial charge is 0.480 e. The van der Waals surface area contributed by atoms with E-state index in [1.54, 1.807) is 0 Å². The molecular weight excluding hydrogens is 260 g/mol. The van der Waals surface area contributed by atoms with Gasteiger partial charge in [0.15, 0.2) is 0 Å². The molecule has 0 aliphatic carbocycles. The quantitative estimate of drug-likeness (QED) is 0.465. The summed E-state index contributed by atoms with van der Waals surface area (Å²) in [6.45, 7) is 7.54. The van der Waals surface area contributed by atoms with E-state index in [1.807, 2.05) is 6.92 Å². The van der Waals surface area contributed by atoms with E-state index in [-0.39, 0.29) is 0 Å². The van der Waals surface area contributed by atoms with Gasteiger partial charge in [0.05, 0.1) is 0 Å². The minimum absolute atomic E-state index is 0.397. The number of hydrogen-bond acceptors (Lipinski definition) is 4. The highest BCUT2D eigenvalue weighted by Crippen LogP contribution is 1.97. The van der Waals surface area contributed by atoms with Gasteiger partial charge in [-0.3, -0.25) is 0 Å². The van der Waals surface area contributed by atoms with Crippen molar-refractivity contribution in [3.8, 4) is 0 Å². The molecular formula is C13H26N4O3. The zero-order valence-electron chi connectivity index (χ0n) is 12.2. The molecule has 1 fully saturated rings. The van der Waals surface area contributed by atoms with Gasteiger partial charge in [-0.1, -0.05) is 13.3 Å². The number of urea groups is 1. The Kier molecular flexibility index (Phi) is 7.98. The predicted octanol–water partition coefficient (Wildman–Crippen LogP) is -0.166. The molecule has 0 unspecified atom stereocenters. The molecule has 0 aromatic rings. The van der Waals surface area contributed by atoms with Gasteiger partial charge < -0.3 is 26.0 Å². The number of carbonyl (C=O) groups is 2. The topological polar surface area (TPSA) is 93.7 Å². The molecule has 20 heavy (non-hydrogen) atoms. The van der Waals surface area contributed by atoms with Gasteiger partial charge in [-0.05, 0) is 19.4 Å². The van der Waals surface area contributed by atoms with Gasteiger partial charge in [-0.25, -0.2) is 9.59 Å². The molecule has 1 atom stereocenters. The average Bonchev–Trinajstić information content (AvgIpc) is 2.44. The monoisotopic (exact) mass is 286 g/mol.